The number of nitrogens with zero attached hydrogens (tertiary/aromatic N) is 1. The van der Waals surface area contributed by atoms with Crippen LogP contribution in [0.1, 0.15) is 33.1 Å². The molecule has 0 aromatic carbocycles. The monoisotopic (exact) mass is 233 g/mol. The van der Waals surface area contributed by atoms with Crippen LogP contribution in [0, 0.1) is 17.3 Å². The van der Waals surface area contributed by atoms with Gasteiger partial charge in [-0.05, 0) is 36.5 Å². The summed E-state index contributed by atoms with van der Waals surface area (Å²) in [6, 6.07) is -0.0139. The summed E-state index contributed by atoms with van der Waals surface area (Å²) >= 11 is 0. The van der Waals surface area contributed by atoms with Gasteiger partial charge in [-0.15, -0.1) is 0 Å². The van der Waals surface area contributed by atoms with Gasteiger partial charge in [-0.1, -0.05) is 13.8 Å². The van der Waals surface area contributed by atoms with E-state index in [4.69, 9.17) is 4.55 Å². The van der Waals surface area contributed by atoms with Gasteiger partial charge in [-0.3, -0.25) is 4.55 Å². The van der Waals surface area contributed by atoms with Gasteiger partial charge in [0.1, 0.15) is 0 Å². The predicted octanol–water partition coefficient (Wildman–Crippen LogP) is 1.55. The first-order valence-electron chi connectivity index (χ1n) is 5.45. The quantitative estimate of drug-likeness (QED) is 0.736. The minimum atomic E-state index is -4.03. The molecule has 4 nitrogen and oxygen atoms in total. The molecule has 3 aliphatic carbocycles. The van der Waals surface area contributed by atoms with E-state index in [-0.39, 0.29) is 11.5 Å². The van der Waals surface area contributed by atoms with E-state index >= 15 is 0 Å². The molecule has 88 valence electrons. The molecule has 0 saturated heterocycles. The van der Waals surface area contributed by atoms with Crippen molar-refractivity contribution >= 4 is 10.3 Å². The lowest BCUT2D eigenvalue weighted by Gasteiger charge is -2.61. The summed E-state index contributed by atoms with van der Waals surface area (Å²) in [5.41, 5.74) is 0.238. The third-order valence-corrected chi connectivity index (χ3v) is 5.65. The minimum absolute atomic E-state index is 0.0139. The summed E-state index contributed by atoms with van der Waals surface area (Å²) in [7, 11) is -2.55. The molecule has 0 unspecified atom stereocenters. The molecule has 0 aromatic heterocycles. The first-order valence-corrected chi connectivity index (χ1v) is 6.84. The Morgan fingerprint density at radius 2 is 1.93 bits per heavy atom. The van der Waals surface area contributed by atoms with Gasteiger partial charge in [0.25, 0.3) is 0 Å². The molecule has 0 spiro atoms. The van der Waals surface area contributed by atoms with Gasteiger partial charge >= 0.3 is 10.3 Å². The standard InChI is InChI=1S/C10H19NO3S/c1-10(2)7-4-5-9(8(10)6-7)11(3)15(12,13)14/h7-9H,4-6H2,1-3H3,(H,12,13,14)/t7-,8+,9-/m0/s1. The van der Waals surface area contributed by atoms with E-state index in [9.17, 15) is 8.42 Å². The molecule has 2 bridgehead atoms. The maximum atomic E-state index is 11.1. The zero-order valence-electron chi connectivity index (χ0n) is 9.47. The Morgan fingerprint density at radius 1 is 1.33 bits per heavy atom. The summed E-state index contributed by atoms with van der Waals surface area (Å²) in [6.07, 6.45) is 3.07. The lowest BCUT2D eigenvalue weighted by molar-refractivity contribution is -0.102. The van der Waals surface area contributed by atoms with Crippen LogP contribution in [-0.2, 0) is 10.3 Å². The Balaban J connectivity index is 2.18. The highest BCUT2D eigenvalue weighted by Gasteiger charge is 2.56. The van der Waals surface area contributed by atoms with Crippen molar-refractivity contribution in [1.82, 2.24) is 4.31 Å². The highest BCUT2D eigenvalue weighted by molar-refractivity contribution is 7.83. The first-order chi connectivity index (χ1) is 6.74. The van der Waals surface area contributed by atoms with Crippen LogP contribution in [0.2, 0.25) is 0 Å². The fourth-order valence-corrected chi connectivity index (χ4v) is 3.97. The maximum Gasteiger partial charge on any atom is 0.335 e. The van der Waals surface area contributed by atoms with E-state index in [0.29, 0.717) is 5.92 Å². The third-order valence-electron chi connectivity index (χ3n) is 4.65. The van der Waals surface area contributed by atoms with Crippen LogP contribution in [-0.4, -0.2) is 30.4 Å². The van der Waals surface area contributed by atoms with Gasteiger partial charge in [-0.25, -0.2) is 0 Å². The number of fused-ring (bicyclic) bond motifs is 2. The molecular weight excluding hydrogens is 214 g/mol. The van der Waals surface area contributed by atoms with Crippen LogP contribution in [0.15, 0.2) is 0 Å². The van der Waals surface area contributed by atoms with Crippen LogP contribution in [0.4, 0.5) is 0 Å². The van der Waals surface area contributed by atoms with Crippen LogP contribution >= 0.6 is 0 Å². The van der Waals surface area contributed by atoms with Crippen molar-refractivity contribution in [2.24, 2.45) is 17.3 Å². The average molecular weight is 233 g/mol. The Labute approximate surface area is 91.5 Å². The molecule has 3 fully saturated rings. The summed E-state index contributed by atoms with van der Waals surface area (Å²) < 4.78 is 32.4. The van der Waals surface area contributed by atoms with Crippen molar-refractivity contribution in [3.8, 4) is 0 Å². The Kier molecular flexibility index (Phi) is 2.41. The first kappa shape index (κ1) is 11.4. The van der Waals surface area contributed by atoms with Gasteiger partial charge in [0.2, 0.25) is 0 Å². The van der Waals surface area contributed by atoms with Crippen molar-refractivity contribution in [3.63, 3.8) is 0 Å². The van der Waals surface area contributed by atoms with Crippen molar-refractivity contribution < 1.29 is 13.0 Å². The molecule has 0 aliphatic heterocycles. The predicted molar refractivity (Wildman–Crippen MR) is 57.7 cm³/mol. The highest BCUT2D eigenvalue weighted by atomic mass is 32.2. The SMILES string of the molecule is CN([C@H]1CC[C@H]2C[C@H]1C2(C)C)S(=O)(=O)O. The van der Waals surface area contributed by atoms with Crippen molar-refractivity contribution in [3.05, 3.63) is 0 Å². The fraction of sp³-hybridized carbons (Fsp3) is 1.00. The molecule has 3 rings (SSSR count). The van der Waals surface area contributed by atoms with Gasteiger partial charge < -0.3 is 0 Å². The minimum Gasteiger partial charge on any atom is -0.273 e. The lowest BCUT2D eigenvalue weighted by Crippen LogP contribution is -2.59. The van der Waals surface area contributed by atoms with E-state index in [1.807, 2.05) is 0 Å². The number of hydrogen-bond donors (Lipinski definition) is 1. The molecule has 3 aliphatic rings. The molecule has 0 radical (unpaired) electrons. The largest absolute Gasteiger partial charge is 0.335 e. The second kappa shape index (κ2) is 3.18. The van der Waals surface area contributed by atoms with Crippen molar-refractivity contribution in [2.75, 3.05) is 7.05 Å². The summed E-state index contributed by atoms with van der Waals surface area (Å²) in [5.74, 6) is 1.15. The molecule has 3 saturated carbocycles. The topological polar surface area (TPSA) is 57.6 Å². The molecular formula is C10H19NO3S. The molecule has 1 N–H and O–H groups in total. The summed E-state index contributed by atoms with van der Waals surface area (Å²) in [6.45, 7) is 4.41. The van der Waals surface area contributed by atoms with E-state index in [0.717, 1.165) is 29.5 Å². The Hall–Kier alpha value is -0.130. The second-order valence-electron chi connectivity index (χ2n) is 5.50. The van der Waals surface area contributed by atoms with Crippen LogP contribution in [0.5, 0.6) is 0 Å². The summed E-state index contributed by atoms with van der Waals surface area (Å²) in [4.78, 5) is 0. The molecule has 0 heterocycles. The third kappa shape index (κ3) is 1.61. The summed E-state index contributed by atoms with van der Waals surface area (Å²) in [5, 5.41) is 0. The Morgan fingerprint density at radius 3 is 2.33 bits per heavy atom. The van der Waals surface area contributed by atoms with Crippen molar-refractivity contribution in [2.45, 2.75) is 39.2 Å². The lowest BCUT2D eigenvalue weighted by atomic mass is 9.47. The van der Waals surface area contributed by atoms with E-state index in [2.05, 4.69) is 13.8 Å². The van der Waals surface area contributed by atoms with Gasteiger partial charge in [0.15, 0.2) is 0 Å². The van der Waals surface area contributed by atoms with Gasteiger partial charge in [0, 0.05) is 13.1 Å². The van der Waals surface area contributed by atoms with Crippen molar-refractivity contribution in [1.29, 1.82) is 0 Å². The molecule has 3 atom stereocenters. The normalized spacial score (nSPS) is 38.9. The van der Waals surface area contributed by atoms with Gasteiger partial charge in [-0.2, -0.15) is 12.7 Å². The molecule has 5 heteroatoms. The van der Waals surface area contributed by atoms with E-state index in [1.54, 1.807) is 0 Å². The van der Waals surface area contributed by atoms with Crippen LogP contribution < -0.4 is 0 Å². The second-order valence-corrected chi connectivity index (χ2v) is 6.97. The molecule has 15 heavy (non-hydrogen) atoms. The highest BCUT2D eigenvalue weighted by Crippen LogP contribution is 2.60. The molecule has 0 aromatic rings. The smallest absolute Gasteiger partial charge is 0.273 e. The van der Waals surface area contributed by atoms with Crippen LogP contribution in [0.25, 0.3) is 0 Å². The number of rotatable bonds is 2. The Bertz CT molecular complexity index is 361. The van der Waals surface area contributed by atoms with E-state index in [1.165, 1.54) is 7.05 Å². The zero-order chi connectivity index (χ0) is 11.4. The molecule has 0 amide bonds. The maximum absolute atomic E-state index is 11.1. The van der Waals surface area contributed by atoms with Crippen LogP contribution in [0.3, 0.4) is 0 Å². The average Bonchev–Trinajstić information content (AvgIpc) is 2.15. The van der Waals surface area contributed by atoms with Gasteiger partial charge in [0.05, 0.1) is 0 Å². The van der Waals surface area contributed by atoms with E-state index < -0.39 is 10.3 Å². The number of hydrogen-bond acceptors (Lipinski definition) is 2. The zero-order valence-corrected chi connectivity index (χ0v) is 10.3. The fourth-order valence-electron chi connectivity index (χ4n) is 3.38.